The number of hydrogen-bond donors (Lipinski definition) is 0. The molecule has 0 N–H and O–H groups in total. The number of nitrogens with zero attached hydrogens (tertiary/aromatic N) is 3. The zero-order valence-electron chi connectivity index (χ0n) is 18.6. The molecule has 1 aromatic rings. The van der Waals surface area contributed by atoms with Crippen molar-refractivity contribution >= 4 is 39.9 Å². The van der Waals surface area contributed by atoms with Gasteiger partial charge in [-0.25, -0.2) is 18.4 Å². The van der Waals surface area contributed by atoms with Crippen LogP contribution in [0.25, 0.3) is 0 Å². The Kier molecular flexibility index (Phi) is 7.35. The van der Waals surface area contributed by atoms with Crippen molar-refractivity contribution < 1.29 is 22.5 Å². The lowest BCUT2D eigenvalue weighted by Gasteiger charge is -2.32. The van der Waals surface area contributed by atoms with Gasteiger partial charge in [-0.1, -0.05) is 0 Å². The lowest BCUT2D eigenvalue weighted by atomic mass is 9.81. The fourth-order valence-corrected chi connectivity index (χ4v) is 5.18. The van der Waals surface area contributed by atoms with Gasteiger partial charge in [0.15, 0.2) is 0 Å². The van der Waals surface area contributed by atoms with Crippen LogP contribution in [0.1, 0.15) is 53.4 Å². The number of aromatic nitrogens is 2. The van der Waals surface area contributed by atoms with Crippen molar-refractivity contribution in [2.45, 2.75) is 69.7 Å². The van der Waals surface area contributed by atoms with E-state index >= 15 is 0 Å². The smallest absolute Gasteiger partial charge is 0.399 e. The average Bonchev–Trinajstić information content (AvgIpc) is 2.94. The Morgan fingerprint density at radius 3 is 2.42 bits per heavy atom. The van der Waals surface area contributed by atoms with E-state index in [1.165, 1.54) is 12.4 Å². The van der Waals surface area contributed by atoms with Crippen LogP contribution in [0.4, 0.5) is 0 Å². The number of carbonyl (C=O) groups excluding carboxylic acids is 1. The van der Waals surface area contributed by atoms with Crippen molar-refractivity contribution in [3.05, 3.63) is 12.4 Å². The van der Waals surface area contributed by atoms with Gasteiger partial charge in [-0.3, -0.25) is 4.79 Å². The number of piperidine rings is 1. The zero-order chi connectivity index (χ0) is 22.9. The third-order valence-electron chi connectivity index (χ3n) is 6.46. The van der Waals surface area contributed by atoms with Crippen molar-refractivity contribution in [3.8, 4) is 0 Å². The monoisotopic (exact) mass is 471 g/mol. The van der Waals surface area contributed by atoms with Crippen LogP contribution < -0.4 is 5.46 Å². The number of amides is 1. The molecule has 8 nitrogen and oxygen atoms in total. The van der Waals surface area contributed by atoms with E-state index in [1.54, 1.807) is 4.90 Å². The van der Waals surface area contributed by atoms with Crippen LogP contribution in [0.2, 0.25) is 0 Å². The van der Waals surface area contributed by atoms with Crippen LogP contribution in [0, 0.1) is 5.92 Å². The van der Waals surface area contributed by atoms with Gasteiger partial charge in [0, 0.05) is 30.9 Å². The fourth-order valence-electron chi connectivity index (χ4n) is 3.85. The van der Waals surface area contributed by atoms with Gasteiger partial charge in [-0.05, 0) is 59.3 Å². The minimum atomic E-state index is -3.59. The van der Waals surface area contributed by atoms with E-state index in [1.807, 2.05) is 27.7 Å². The first-order chi connectivity index (χ1) is 14.4. The first-order valence-electron chi connectivity index (χ1n) is 10.7. The maximum absolute atomic E-state index is 12.7. The minimum Gasteiger partial charge on any atom is -0.399 e. The van der Waals surface area contributed by atoms with Gasteiger partial charge in [0.05, 0.1) is 17.0 Å². The molecule has 2 fully saturated rings. The van der Waals surface area contributed by atoms with E-state index in [-0.39, 0.29) is 22.7 Å². The molecule has 0 saturated carbocycles. The van der Waals surface area contributed by atoms with E-state index in [2.05, 4.69) is 9.97 Å². The van der Waals surface area contributed by atoms with Crippen LogP contribution in [-0.4, -0.2) is 72.2 Å². The first-order valence-corrected chi connectivity index (χ1v) is 12.9. The van der Waals surface area contributed by atoms with Crippen molar-refractivity contribution in [1.82, 2.24) is 14.9 Å². The number of likely N-dealkylation sites (tertiary alicyclic amines) is 1. The molecule has 0 radical (unpaired) electrons. The summed E-state index contributed by atoms with van der Waals surface area (Å²) in [6.07, 6.45) is 6.06. The molecule has 2 aliphatic rings. The van der Waals surface area contributed by atoms with Crippen LogP contribution >= 0.6 is 11.6 Å². The van der Waals surface area contributed by atoms with Crippen LogP contribution in [0.3, 0.4) is 0 Å². The van der Waals surface area contributed by atoms with E-state index in [0.29, 0.717) is 24.3 Å². The van der Waals surface area contributed by atoms with Crippen molar-refractivity contribution in [3.63, 3.8) is 0 Å². The van der Waals surface area contributed by atoms with Crippen molar-refractivity contribution in [2.24, 2.45) is 5.92 Å². The van der Waals surface area contributed by atoms with Gasteiger partial charge >= 0.3 is 7.12 Å². The number of sulfone groups is 1. The Hall–Kier alpha value is -1.23. The lowest BCUT2D eigenvalue weighted by molar-refractivity contribution is -0.130. The summed E-state index contributed by atoms with van der Waals surface area (Å²) >= 11 is 5.65. The Balaban J connectivity index is 1.55. The highest BCUT2D eigenvalue weighted by Gasteiger charge is 2.52. The van der Waals surface area contributed by atoms with E-state index in [9.17, 15) is 13.2 Å². The molecule has 31 heavy (non-hydrogen) atoms. The van der Waals surface area contributed by atoms with Gasteiger partial charge in [0.1, 0.15) is 5.88 Å². The van der Waals surface area contributed by atoms with E-state index in [4.69, 9.17) is 20.9 Å². The third-order valence-corrected chi connectivity index (χ3v) is 8.29. The summed E-state index contributed by atoms with van der Waals surface area (Å²) in [5.41, 5.74) is -0.402. The van der Waals surface area contributed by atoms with Gasteiger partial charge in [0.25, 0.3) is 0 Å². The molecule has 0 aliphatic carbocycles. The molecule has 0 aromatic carbocycles. The normalized spacial score (nSPS) is 23.2. The molecular weight excluding hydrogens is 441 g/mol. The number of rotatable bonds is 7. The van der Waals surface area contributed by atoms with Gasteiger partial charge in [-0.15, -0.1) is 11.6 Å². The molecule has 2 aliphatic heterocycles. The Morgan fingerprint density at radius 1 is 1.23 bits per heavy atom. The molecule has 2 saturated heterocycles. The zero-order valence-corrected chi connectivity index (χ0v) is 20.2. The highest BCUT2D eigenvalue weighted by atomic mass is 35.5. The summed E-state index contributed by atoms with van der Waals surface area (Å²) in [6.45, 7) is 9.16. The maximum atomic E-state index is 12.7. The Morgan fingerprint density at radius 2 is 1.84 bits per heavy atom. The van der Waals surface area contributed by atoms with Crippen LogP contribution in [0.15, 0.2) is 17.6 Å². The molecule has 1 unspecified atom stereocenters. The molecule has 172 valence electrons. The van der Waals surface area contributed by atoms with E-state index in [0.717, 1.165) is 25.8 Å². The summed E-state index contributed by atoms with van der Waals surface area (Å²) < 4.78 is 37.2. The van der Waals surface area contributed by atoms with Crippen LogP contribution in [0.5, 0.6) is 0 Å². The van der Waals surface area contributed by atoms with Gasteiger partial charge < -0.3 is 14.2 Å². The highest BCUT2D eigenvalue weighted by Crippen LogP contribution is 2.36. The van der Waals surface area contributed by atoms with Crippen molar-refractivity contribution in [1.29, 1.82) is 0 Å². The maximum Gasteiger partial charge on any atom is 0.498 e. The second kappa shape index (κ2) is 9.33. The number of hydrogen-bond acceptors (Lipinski definition) is 7. The van der Waals surface area contributed by atoms with Crippen LogP contribution in [-0.2, 0) is 23.9 Å². The van der Waals surface area contributed by atoms with E-state index < -0.39 is 28.2 Å². The molecule has 1 atom stereocenters. The predicted octanol–water partition coefficient (Wildman–Crippen LogP) is 1.81. The largest absolute Gasteiger partial charge is 0.498 e. The highest BCUT2D eigenvalue weighted by molar-refractivity contribution is 7.91. The summed E-state index contributed by atoms with van der Waals surface area (Å²) in [5, 5.41) is -0.185. The van der Waals surface area contributed by atoms with Crippen molar-refractivity contribution in [2.75, 3.05) is 24.7 Å². The SMILES string of the molecule is CC1(C)OB(c2cnc(S(=O)(=O)CCCC3CCCN(C(=O)CCl)C3)nc2)OC1(C)C. The standard InChI is InChI=1S/C20H31BClN3O5S/c1-19(2)20(3,4)30-21(29-19)16-12-23-18(24-13-16)31(27,28)10-6-8-15-7-5-9-25(14-15)17(26)11-22/h12-13,15H,5-11,14H2,1-4H3. The Bertz CT molecular complexity index is 879. The molecule has 1 amide bonds. The molecule has 3 rings (SSSR count). The second-order valence-electron chi connectivity index (χ2n) is 9.33. The third kappa shape index (κ3) is 5.58. The number of halogens is 1. The second-order valence-corrected chi connectivity index (χ2v) is 11.6. The first kappa shape index (κ1) is 24.4. The predicted molar refractivity (Wildman–Crippen MR) is 119 cm³/mol. The summed E-state index contributed by atoms with van der Waals surface area (Å²) in [6, 6.07) is 0. The summed E-state index contributed by atoms with van der Waals surface area (Å²) in [4.78, 5) is 21.7. The minimum absolute atomic E-state index is 0.0135. The fraction of sp³-hybridized carbons (Fsp3) is 0.750. The summed E-state index contributed by atoms with van der Waals surface area (Å²) in [5.74, 6) is 0.195. The molecule has 3 heterocycles. The van der Waals surface area contributed by atoms with Gasteiger partial charge in [-0.2, -0.15) is 0 Å². The lowest BCUT2D eigenvalue weighted by Crippen LogP contribution is -2.41. The average molecular weight is 472 g/mol. The number of carbonyl (C=O) groups is 1. The molecule has 11 heteroatoms. The topological polar surface area (TPSA) is 98.7 Å². The summed E-state index contributed by atoms with van der Waals surface area (Å²) in [7, 11) is -4.22. The molecule has 1 aromatic heterocycles. The Labute approximate surface area is 190 Å². The number of alkyl halides is 1. The molecule has 0 bridgehead atoms. The molecule has 0 spiro atoms. The van der Waals surface area contributed by atoms with Gasteiger partial charge in [0.2, 0.25) is 20.9 Å². The quantitative estimate of drug-likeness (QED) is 0.340. The molecular formula is C20H31BClN3O5S.